The zero-order chi connectivity index (χ0) is 13.2. The summed E-state index contributed by atoms with van der Waals surface area (Å²) in [5, 5.41) is 0. The van der Waals surface area contributed by atoms with Crippen molar-refractivity contribution in [3.05, 3.63) is 39.9 Å². The van der Waals surface area contributed by atoms with E-state index in [9.17, 15) is 0 Å². The van der Waals surface area contributed by atoms with Gasteiger partial charge in [0, 0.05) is 3.57 Å². The Labute approximate surface area is 121 Å². The summed E-state index contributed by atoms with van der Waals surface area (Å²) in [4.78, 5) is 7.80. The van der Waals surface area contributed by atoms with E-state index in [0.717, 1.165) is 29.9 Å². The zero-order valence-corrected chi connectivity index (χ0v) is 12.9. The normalized spacial score (nSPS) is 11.8. The molecule has 96 valence electrons. The van der Waals surface area contributed by atoms with Crippen molar-refractivity contribution < 1.29 is 0 Å². The number of H-pyrrole nitrogens is 1. The first-order chi connectivity index (χ1) is 8.59. The van der Waals surface area contributed by atoms with Crippen LogP contribution in [0.25, 0.3) is 11.3 Å². The Bertz CT molecular complexity index is 512. The van der Waals surface area contributed by atoms with Crippen LogP contribution in [-0.4, -0.2) is 9.97 Å². The van der Waals surface area contributed by atoms with E-state index < -0.39 is 0 Å². The van der Waals surface area contributed by atoms with Gasteiger partial charge in [0.05, 0.1) is 17.4 Å². The van der Waals surface area contributed by atoms with Gasteiger partial charge < -0.3 is 10.7 Å². The van der Waals surface area contributed by atoms with E-state index in [-0.39, 0.29) is 5.54 Å². The van der Waals surface area contributed by atoms with Gasteiger partial charge in [0.2, 0.25) is 0 Å². The van der Waals surface area contributed by atoms with Gasteiger partial charge in [0.1, 0.15) is 5.82 Å². The number of aromatic amines is 1. The topological polar surface area (TPSA) is 54.7 Å². The summed E-state index contributed by atoms with van der Waals surface area (Å²) in [5.41, 5.74) is 8.16. The first-order valence-electron chi connectivity index (χ1n) is 6.19. The molecule has 0 atom stereocenters. The Morgan fingerprint density at radius 1 is 1.22 bits per heavy atom. The number of nitrogens with one attached hydrogen (secondary N) is 1. The van der Waals surface area contributed by atoms with Crippen molar-refractivity contribution in [3.8, 4) is 11.3 Å². The molecule has 0 fully saturated rings. The minimum atomic E-state index is -0.346. The predicted octanol–water partition coefficient (Wildman–Crippen LogP) is 3.66. The second-order valence-corrected chi connectivity index (χ2v) is 5.76. The summed E-state index contributed by atoms with van der Waals surface area (Å²) in [6, 6.07) is 8.36. The highest BCUT2D eigenvalue weighted by molar-refractivity contribution is 14.1. The van der Waals surface area contributed by atoms with Crippen LogP contribution in [0.1, 0.15) is 32.5 Å². The molecule has 0 bridgehead atoms. The maximum absolute atomic E-state index is 6.34. The number of imidazole rings is 1. The number of rotatable bonds is 4. The highest BCUT2D eigenvalue weighted by atomic mass is 127. The molecule has 1 aromatic heterocycles. The third-order valence-corrected chi connectivity index (χ3v) is 4.18. The van der Waals surface area contributed by atoms with Crippen molar-refractivity contribution in [1.29, 1.82) is 0 Å². The van der Waals surface area contributed by atoms with Crippen molar-refractivity contribution in [2.75, 3.05) is 0 Å². The van der Waals surface area contributed by atoms with E-state index in [2.05, 4.69) is 70.7 Å². The Morgan fingerprint density at radius 3 is 2.39 bits per heavy atom. The highest BCUT2D eigenvalue weighted by Gasteiger charge is 2.26. The Morgan fingerprint density at radius 2 is 1.83 bits per heavy atom. The minimum absolute atomic E-state index is 0.346. The SMILES string of the molecule is CCC(N)(CC)c1ncc(-c2ccc(I)cc2)[nH]1. The van der Waals surface area contributed by atoms with E-state index in [1.807, 2.05) is 6.20 Å². The van der Waals surface area contributed by atoms with E-state index in [1.165, 1.54) is 3.57 Å². The lowest BCUT2D eigenvalue weighted by atomic mass is 9.93. The van der Waals surface area contributed by atoms with Gasteiger partial charge in [-0.05, 0) is 53.1 Å². The first-order valence-corrected chi connectivity index (χ1v) is 7.27. The van der Waals surface area contributed by atoms with Gasteiger partial charge in [0.25, 0.3) is 0 Å². The van der Waals surface area contributed by atoms with Crippen LogP contribution in [0.15, 0.2) is 30.5 Å². The van der Waals surface area contributed by atoms with E-state index >= 15 is 0 Å². The lowest BCUT2D eigenvalue weighted by Gasteiger charge is -2.23. The molecular formula is C14H18IN3. The molecular weight excluding hydrogens is 337 g/mol. The van der Waals surface area contributed by atoms with Crippen LogP contribution in [0.3, 0.4) is 0 Å². The van der Waals surface area contributed by atoms with Gasteiger partial charge in [-0.25, -0.2) is 4.98 Å². The van der Waals surface area contributed by atoms with Crippen LogP contribution in [0.5, 0.6) is 0 Å². The number of halogens is 1. The highest BCUT2D eigenvalue weighted by Crippen LogP contribution is 2.26. The number of nitrogens with two attached hydrogens (primary N) is 1. The lowest BCUT2D eigenvalue weighted by Crippen LogP contribution is -2.36. The molecule has 0 saturated carbocycles. The molecule has 3 nitrogen and oxygen atoms in total. The predicted molar refractivity (Wildman–Crippen MR) is 83.2 cm³/mol. The fraction of sp³-hybridized carbons (Fsp3) is 0.357. The molecule has 0 aliphatic carbocycles. The van der Waals surface area contributed by atoms with Crippen LogP contribution in [0.2, 0.25) is 0 Å². The number of hydrogen-bond donors (Lipinski definition) is 2. The third-order valence-electron chi connectivity index (χ3n) is 3.46. The molecule has 1 aromatic carbocycles. The number of nitrogens with zero attached hydrogens (tertiary/aromatic N) is 1. The fourth-order valence-electron chi connectivity index (χ4n) is 1.94. The van der Waals surface area contributed by atoms with Crippen molar-refractivity contribution in [3.63, 3.8) is 0 Å². The van der Waals surface area contributed by atoms with Crippen LogP contribution in [0.4, 0.5) is 0 Å². The molecule has 1 heterocycles. The minimum Gasteiger partial charge on any atom is -0.340 e. The van der Waals surface area contributed by atoms with Crippen LogP contribution >= 0.6 is 22.6 Å². The quantitative estimate of drug-likeness (QED) is 0.823. The average molecular weight is 355 g/mol. The molecule has 3 N–H and O–H groups in total. The molecule has 0 unspecified atom stereocenters. The van der Waals surface area contributed by atoms with E-state index in [1.54, 1.807) is 0 Å². The summed E-state index contributed by atoms with van der Waals surface area (Å²) < 4.78 is 1.23. The smallest absolute Gasteiger partial charge is 0.126 e. The van der Waals surface area contributed by atoms with Crippen molar-refractivity contribution in [2.45, 2.75) is 32.2 Å². The maximum Gasteiger partial charge on any atom is 0.126 e. The average Bonchev–Trinajstić information content (AvgIpc) is 2.89. The van der Waals surface area contributed by atoms with Gasteiger partial charge >= 0.3 is 0 Å². The first kappa shape index (κ1) is 13.5. The van der Waals surface area contributed by atoms with Crippen LogP contribution in [0, 0.1) is 3.57 Å². The second-order valence-electron chi connectivity index (χ2n) is 4.52. The fourth-order valence-corrected chi connectivity index (χ4v) is 2.29. The zero-order valence-electron chi connectivity index (χ0n) is 10.7. The third kappa shape index (κ3) is 2.59. The van der Waals surface area contributed by atoms with Gasteiger partial charge in [-0.1, -0.05) is 26.0 Å². The summed E-state index contributed by atoms with van der Waals surface area (Å²) >= 11 is 2.30. The molecule has 0 aliphatic rings. The number of hydrogen-bond acceptors (Lipinski definition) is 2. The van der Waals surface area contributed by atoms with Crippen molar-refractivity contribution in [1.82, 2.24) is 9.97 Å². The number of aromatic nitrogens is 2. The van der Waals surface area contributed by atoms with Crippen LogP contribution < -0.4 is 5.73 Å². The monoisotopic (exact) mass is 355 g/mol. The second kappa shape index (κ2) is 5.40. The molecule has 0 aliphatic heterocycles. The summed E-state index contributed by atoms with van der Waals surface area (Å²) in [6.07, 6.45) is 3.62. The summed E-state index contributed by atoms with van der Waals surface area (Å²) in [6.45, 7) is 4.19. The Balaban J connectivity index is 2.33. The van der Waals surface area contributed by atoms with Crippen LogP contribution in [-0.2, 0) is 5.54 Å². The molecule has 18 heavy (non-hydrogen) atoms. The standard InChI is InChI=1S/C14H18IN3/c1-3-14(16,4-2)13-17-9-12(18-13)10-5-7-11(15)8-6-10/h5-9H,3-4,16H2,1-2H3,(H,17,18). The molecule has 0 spiro atoms. The molecule has 0 saturated heterocycles. The molecule has 2 rings (SSSR count). The molecule has 2 aromatic rings. The van der Waals surface area contributed by atoms with E-state index in [4.69, 9.17) is 5.73 Å². The maximum atomic E-state index is 6.34. The van der Waals surface area contributed by atoms with Gasteiger partial charge in [0.15, 0.2) is 0 Å². The molecule has 4 heteroatoms. The lowest BCUT2D eigenvalue weighted by molar-refractivity contribution is 0.391. The molecule has 0 amide bonds. The Hall–Kier alpha value is -0.880. The van der Waals surface area contributed by atoms with Gasteiger partial charge in [-0.2, -0.15) is 0 Å². The molecule has 0 radical (unpaired) electrons. The summed E-state index contributed by atoms with van der Waals surface area (Å²) in [7, 11) is 0. The van der Waals surface area contributed by atoms with Crippen molar-refractivity contribution in [2.24, 2.45) is 5.73 Å². The largest absolute Gasteiger partial charge is 0.340 e. The van der Waals surface area contributed by atoms with Gasteiger partial charge in [-0.15, -0.1) is 0 Å². The van der Waals surface area contributed by atoms with Gasteiger partial charge in [-0.3, -0.25) is 0 Å². The Kier molecular flexibility index (Phi) is 4.07. The number of benzene rings is 1. The van der Waals surface area contributed by atoms with E-state index in [0.29, 0.717) is 0 Å². The van der Waals surface area contributed by atoms with Crippen molar-refractivity contribution >= 4 is 22.6 Å². The summed E-state index contributed by atoms with van der Waals surface area (Å²) in [5.74, 6) is 0.876.